The molecule has 1 N–H and O–H groups in total. The third-order valence-corrected chi connectivity index (χ3v) is 2.94. The first-order valence-corrected chi connectivity index (χ1v) is 6.51. The SMILES string of the molecule is CCCCCCC(NCC)C(C(F)(F)F)C(F)(F)F. The van der Waals surface area contributed by atoms with Crippen LogP contribution >= 0.6 is 0 Å². The Kier molecular flexibility index (Phi) is 7.78. The van der Waals surface area contributed by atoms with Gasteiger partial charge in [0.1, 0.15) is 0 Å². The summed E-state index contributed by atoms with van der Waals surface area (Å²) in [6, 6.07) is -1.60. The number of rotatable bonds is 8. The van der Waals surface area contributed by atoms with Crippen LogP contribution in [-0.2, 0) is 0 Å². The van der Waals surface area contributed by atoms with Crippen molar-refractivity contribution in [3.05, 3.63) is 0 Å². The molecule has 0 heterocycles. The van der Waals surface area contributed by atoms with Gasteiger partial charge in [0.05, 0.1) is 0 Å². The van der Waals surface area contributed by atoms with E-state index in [0.717, 1.165) is 12.8 Å². The molecule has 0 aliphatic heterocycles. The molecule has 0 aromatic rings. The van der Waals surface area contributed by atoms with Gasteiger partial charge >= 0.3 is 12.4 Å². The maximum atomic E-state index is 12.6. The molecule has 1 nitrogen and oxygen atoms in total. The molecule has 0 spiro atoms. The second-order valence-corrected chi connectivity index (χ2v) is 4.57. The predicted molar refractivity (Wildman–Crippen MR) is 61.8 cm³/mol. The molecule has 0 aromatic carbocycles. The molecule has 0 aromatic heterocycles. The summed E-state index contributed by atoms with van der Waals surface area (Å²) in [5.41, 5.74) is 0. The van der Waals surface area contributed by atoms with Crippen LogP contribution in [0.4, 0.5) is 26.3 Å². The van der Waals surface area contributed by atoms with Gasteiger partial charge in [-0.3, -0.25) is 0 Å². The Bertz CT molecular complexity index is 221. The lowest BCUT2D eigenvalue weighted by Gasteiger charge is -2.31. The van der Waals surface area contributed by atoms with E-state index in [9.17, 15) is 26.3 Å². The molecule has 0 bridgehead atoms. The zero-order chi connectivity index (χ0) is 15.1. The smallest absolute Gasteiger partial charge is 0.313 e. The Morgan fingerprint density at radius 3 is 1.74 bits per heavy atom. The van der Waals surface area contributed by atoms with Gasteiger partial charge in [0.15, 0.2) is 5.92 Å². The monoisotopic (exact) mass is 293 g/mol. The lowest BCUT2D eigenvalue weighted by atomic mass is 9.93. The topological polar surface area (TPSA) is 12.0 Å². The third-order valence-electron chi connectivity index (χ3n) is 2.94. The highest BCUT2D eigenvalue weighted by atomic mass is 19.4. The van der Waals surface area contributed by atoms with E-state index in [1.807, 2.05) is 6.92 Å². The normalized spacial score (nSPS) is 15.0. The van der Waals surface area contributed by atoms with Crippen molar-refractivity contribution >= 4 is 0 Å². The maximum Gasteiger partial charge on any atom is 0.401 e. The molecule has 19 heavy (non-hydrogen) atoms. The Hall–Kier alpha value is -0.460. The first-order chi connectivity index (χ1) is 8.64. The number of unbranched alkanes of at least 4 members (excludes halogenated alkanes) is 3. The predicted octanol–water partition coefficient (Wildman–Crippen LogP) is 4.68. The molecule has 0 saturated carbocycles. The van der Waals surface area contributed by atoms with Crippen molar-refractivity contribution in [1.29, 1.82) is 0 Å². The van der Waals surface area contributed by atoms with E-state index in [-0.39, 0.29) is 13.0 Å². The van der Waals surface area contributed by atoms with E-state index in [2.05, 4.69) is 5.32 Å². The van der Waals surface area contributed by atoms with Gasteiger partial charge in [0.25, 0.3) is 0 Å². The molecule has 0 saturated heterocycles. The molecule has 0 aliphatic carbocycles. The molecule has 0 amide bonds. The summed E-state index contributed by atoms with van der Waals surface area (Å²) >= 11 is 0. The van der Waals surface area contributed by atoms with E-state index in [0.29, 0.717) is 12.8 Å². The maximum absolute atomic E-state index is 12.6. The van der Waals surface area contributed by atoms with Crippen LogP contribution in [0.25, 0.3) is 0 Å². The summed E-state index contributed by atoms with van der Waals surface area (Å²) < 4.78 is 75.6. The minimum Gasteiger partial charge on any atom is -0.313 e. The second-order valence-electron chi connectivity index (χ2n) is 4.57. The van der Waals surface area contributed by atoms with Crippen molar-refractivity contribution in [2.24, 2.45) is 5.92 Å². The third kappa shape index (κ3) is 7.03. The molecule has 0 fully saturated rings. The molecule has 7 heteroatoms. The van der Waals surface area contributed by atoms with Crippen molar-refractivity contribution < 1.29 is 26.3 Å². The fourth-order valence-corrected chi connectivity index (χ4v) is 2.08. The van der Waals surface area contributed by atoms with Crippen molar-refractivity contribution in [2.45, 2.75) is 64.3 Å². The fourth-order valence-electron chi connectivity index (χ4n) is 2.08. The first kappa shape index (κ1) is 18.5. The van der Waals surface area contributed by atoms with Gasteiger partial charge in [-0.25, -0.2) is 0 Å². The summed E-state index contributed by atoms with van der Waals surface area (Å²) in [5, 5.41) is 2.33. The van der Waals surface area contributed by atoms with E-state index >= 15 is 0 Å². The van der Waals surface area contributed by atoms with Gasteiger partial charge in [-0.05, 0) is 13.0 Å². The average Bonchev–Trinajstić information content (AvgIpc) is 2.20. The Labute approximate surface area is 109 Å². The van der Waals surface area contributed by atoms with Crippen LogP contribution in [0, 0.1) is 5.92 Å². The zero-order valence-electron chi connectivity index (χ0n) is 11.2. The van der Waals surface area contributed by atoms with Crippen molar-refractivity contribution in [3.8, 4) is 0 Å². The van der Waals surface area contributed by atoms with Crippen LogP contribution in [0.15, 0.2) is 0 Å². The van der Waals surface area contributed by atoms with Crippen molar-refractivity contribution in [2.75, 3.05) is 6.54 Å². The van der Waals surface area contributed by atoms with Crippen LogP contribution in [0.1, 0.15) is 46.0 Å². The highest BCUT2D eigenvalue weighted by Crippen LogP contribution is 2.42. The quantitative estimate of drug-likeness (QED) is 0.506. The van der Waals surface area contributed by atoms with Crippen LogP contribution < -0.4 is 5.32 Å². The number of hydrogen-bond acceptors (Lipinski definition) is 1. The summed E-state index contributed by atoms with van der Waals surface area (Å²) in [6.07, 6.45) is -7.92. The largest absolute Gasteiger partial charge is 0.401 e. The second kappa shape index (κ2) is 7.97. The number of halogens is 6. The Morgan fingerprint density at radius 2 is 1.37 bits per heavy atom. The molecule has 1 atom stereocenters. The minimum absolute atomic E-state index is 0.0844. The lowest BCUT2D eigenvalue weighted by Crippen LogP contribution is -2.51. The molecule has 0 rings (SSSR count). The minimum atomic E-state index is -5.27. The van der Waals surface area contributed by atoms with Crippen molar-refractivity contribution in [3.63, 3.8) is 0 Å². The first-order valence-electron chi connectivity index (χ1n) is 6.51. The van der Waals surface area contributed by atoms with Gasteiger partial charge in [0, 0.05) is 6.04 Å². The van der Waals surface area contributed by atoms with Gasteiger partial charge in [-0.1, -0.05) is 39.5 Å². The summed E-state index contributed by atoms with van der Waals surface area (Å²) in [7, 11) is 0. The summed E-state index contributed by atoms with van der Waals surface area (Å²) in [4.78, 5) is 0. The van der Waals surface area contributed by atoms with Crippen LogP contribution in [0.2, 0.25) is 0 Å². The van der Waals surface area contributed by atoms with Crippen LogP contribution in [-0.4, -0.2) is 24.9 Å². The number of nitrogens with one attached hydrogen (secondary N) is 1. The van der Waals surface area contributed by atoms with Gasteiger partial charge in [-0.15, -0.1) is 0 Å². The van der Waals surface area contributed by atoms with E-state index in [1.165, 1.54) is 6.92 Å². The van der Waals surface area contributed by atoms with Crippen LogP contribution in [0.5, 0.6) is 0 Å². The number of alkyl halides is 6. The fraction of sp³-hybridized carbons (Fsp3) is 1.00. The van der Waals surface area contributed by atoms with Crippen LogP contribution in [0.3, 0.4) is 0 Å². The van der Waals surface area contributed by atoms with E-state index in [1.54, 1.807) is 0 Å². The Morgan fingerprint density at radius 1 is 0.842 bits per heavy atom. The average molecular weight is 293 g/mol. The standard InChI is InChI=1S/C12H21F6N/c1-3-5-6-7-8-9(19-4-2)10(11(13,14)15)12(16,17)18/h9-10,19H,3-8H2,1-2H3. The van der Waals surface area contributed by atoms with E-state index in [4.69, 9.17) is 0 Å². The molecular formula is C12H21F6N. The lowest BCUT2D eigenvalue weighted by molar-refractivity contribution is -0.292. The zero-order valence-corrected chi connectivity index (χ0v) is 11.2. The Balaban J connectivity index is 4.77. The highest BCUT2D eigenvalue weighted by Gasteiger charge is 2.59. The molecule has 1 unspecified atom stereocenters. The summed E-state index contributed by atoms with van der Waals surface area (Å²) in [5.74, 6) is -3.29. The van der Waals surface area contributed by atoms with Gasteiger partial charge < -0.3 is 5.32 Å². The van der Waals surface area contributed by atoms with Gasteiger partial charge in [-0.2, -0.15) is 26.3 Å². The molecule has 116 valence electrons. The summed E-state index contributed by atoms with van der Waals surface area (Å²) in [6.45, 7) is 3.51. The number of hydrogen-bond donors (Lipinski definition) is 1. The van der Waals surface area contributed by atoms with Crippen molar-refractivity contribution in [1.82, 2.24) is 5.32 Å². The molecule has 0 radical (unpaired) electrons. The molecular weight excluding hydrogens is 272 g/mol. The highest BCUT2D eigenvalue weighted by molar-refractivity contribution is 4.87. The van der Waals surface area contributed by atoms with Gasteiger partial charge in [0.2, 0.25) is 0 Å². The van der Waals surface area contributed by atoms with E-state index < -0.39 is 24.3 Å². The molecule has 0 aliphatic rings.